The lowest BCUT2D eigenvalue weighted by Gasteiger charge is -2.14. The smallest absolute Gasteiger partial charge is 0.310 e. The fraction of sp³-hybridized carbons (Fsp3) is 0.500. The molecule has 0 radical (unpaired) electrons. The molecule has 0 bridgehead atoms. The van der Waals surface area contributed by atoms with E-state index in [0.717, 1.165) is 5.76 Å². The molecule has 0 saturated heterocycles. The molecular weight excluding hydrogens is 234 g/mol. The molecule has 0 aliphatic rings. The summed E-state index contributed by atoms with van der Waals surface area (Å²) in [5, 5.41) is 6.12. The molecule has 0 aliphatic heterocycles. The number of nitrogens with one attached hydrogen (secondary N) is 2. The first-order chi connectivity index (χ1) is 8.67. The fourth-order valence-corrected chi connectivity index (χ4v) is 1.34. The monoisotopic (exact) mass is 253 g/mol. The van der Waals surface area contributed by atoms with Crippen LogP contribution < -0.4 is 10.6 Å². The largest absolute Gasteiger partial charge is 0.469 e. The summed E-state index contributed by atoms with van der Waals surface area (Å²) in [5.74, 6) is 0.960. The lowest BCUT2D eigenvalue weighted by molar-refractivity contribution is -0.144. The third kappa shape index (κ3) is 4.48. The summed E-state index contributed by atoms with van der Waals surface area (Å²) in [7, 11) is 3.04. The molecule has 1 atom stereocenters. The van der Waals surface area contributed by atoms with Crippen molar-refractivity contribution >= 4 is 11.9 Å². The highest BCUT2D eigenvalue weighted by molar-refractivity contribution is 5.80. The Balaban J connectivity index is 2.32. The van der Waals surface area contributed by atoms with Gasteiger partial charge in [0.15, 0.2) is 5.96 Å². The number of esters is 1. The minimum atomic E-state index is -0.246. The summed E-state index contributed by atoms with van der Waals surface area (Å²) < 4.78 is 9.83. The third-order valence-electron chi connectivity index (χ3n) is 2.41. The highest BCUT2D eigenvalue weighted by Gasteiger charge is 2.13. The zero-order valence-corrected chi connectivity index (χ0v) is 10.9. The Hall–Kier alpha value is -1.98. The van der Waals surface area contributed by atoms with Crippen LogP contribution in [0.5, 0.6) is 0 Å². The molecule has 0 saturated carbocycles. The van der Waals surface area contributed by atoms with Gasteiger partial charge in [-0.3, -0.25) is 9.79 Å². The van der Waals surface area contributed by atoms with Crippen LogP contribution in [0.1, 0.15) is 12.7 Å². The van der Waals surface area contributed by atoms with Gasteiger partial charge in [-0.2, -0.15) is 0 Å². The Morgan fingerprint density at radius 2 is 2.33 bits per heavy atom. The van der Waals surface area contributed by atoms with Gasteiger partial charge in [0, 0.05) is 13.6 Å². The van der Waals surface area contributed by atoms with E-state index in [4.69, 9.17) is 4.42 Å². The molecule has 1 aromatic rings. The van der Waals surface area contributed by atoms with Crippen LogP contribution in [0.4, 0.5) is 0 Å². The lowest BCUT2D eigenvalue weighted by atomic mass is 10.2. The zero-order chi connectivity index (χ0) is 13.4. The standard InChI is InChI=1S/C12H19N3O3/c1-9(11(16)17-3)7-14-12(13-2)15-8-10-5-4-6-18-10/h4-6,9H,7-8H2,1-3H3,(H2,13,14,15). The van der Waals surface area contributed by atoms with E-state index in [0.29, 0.717) is 19.0 Å². The Bertz CT molecular complexity index is 387. The van der Waals surface area contributed by atoms with Crippen LogP contribution in [0.3, 0.4) is 0 Å². The second kappa shape index (κ2) is 7.37. The number of ether oxygens (including phenoxy) is 1. The second-order valence-corrected chi connectivity index (χ2v) is 3.81. The molecule has 0 aliphatic carbocycles. The van der Waals surface area contributed by atoms with E-state index in [9.17, 15) is 4.79 Å². The van der Waals surface area contributed by atoms with Crippen LogP contribution in [-0.2, 0) is 16.1 Å². The van der Waals surface area contributed by atoms with Crippen molar-refractivity contribution in [2.45, 2.75) is 13.5 Å². The Morgan fingerprint density at radius 1 is 1.56 bits per heavy atom. The topological polar surface area (TPSA) is 75.9 Å². The Labute approximate surface area is 106 Å². The number of nitrogens with zero attached hydrogens (tertiary/aromatic N) is 1. The Kier molecular flexibility index (Phi) is 5.76. The van der Waals surface area contributed by atoms with Crippen molar-refractivity contribution in [2.24, 2.45) is 10.9 Å². The van der Waals surface area contributed by atoms with Crippen LogP contribution in [-0.4, -0.2) is 32.6 Å². The number of furan rings is 1. The number of aliphatic imine (C=N–C) groups is 1. The van der Waals surface area contributed by atoms with E-state index in [2.05, 4.69) is 20.4 Å². The van der Waals surface area contributed by atoms with Gasteiger partial charge < -0.3 is 19.8 Å². The summed E-state index contributed by atoms with van der Waals surface area (Å²) in [4.78, 5) is 15.3. The van der Waals surface area contributed by atoms with Crippen LogP contribution >= 0.6 is 0 Å². The summed E-state index contributed by atoms with van der Waals surface area (Å²) in [5.41, 5.74) is 0. The number of hydrogen-bond donors (Lipinski definition) is 2. The fourth-order valence-electron chi connectivity index (χ4n) is 1.34. The maximum absolute atomic E-state index is 11.2. The normalized spacial score (nSPS) is 12.9. The van der Waals surface area contributed by atoms with Crippen LogP contribution in [0.2, 0.25) is 0 Å². The molecule has 0 aromatic carbocycles. The molecule has 6 heteroatoms. The molecule has 2 N–H and O–H groups in total. The summed E-state index contributed by atoms with van der Waals surface area (Å²) in [6.45, 7) is 2.79. The minimum absolute atomic E-state index is 0.225. The van der Waals surface area contributed by atoms with E-state index in [1.165, 1.54) is 7.11 Å². The molecule has 100 valence electrons. The summed E-state index contributed by atoms with van der Waals surface area (Å²) in [6.07, 6.45) is 1.62. The van der Waals surface area contributed by atoms with Crippen molar-refractivity contribution in [3.05, 3.63) is 24.2 Å². The minimum Gasteiger partial charge on any atom is -0.469 e. The van der Waals surface area contributed by atoms with Crippen LogP contribution in [0.25, 0.3) is 0 Å². The Morgan fingerprint density at radius 3 is 2.89 bits per heavy atom. The quantitative estimate of drug-likeness (QED) is 0.460. The van der Waals surface area contributed by atoms with Gasteiger partial charge in [-0.15, -0.1) is 0 Å². The second-order valence-electron chi connectivity index (χ2n) is 3.81. The van der Waals surface area contributed by atoms with E-state index < -0.39 is 0 Å². The number of carbonyl (C=O) groups excluding carboxylic acids is 1. The molecule has 18 heavy (non-hydrogen) atoms. The van der Waals surface area contributed by atoms with Crippen molar-refractivity contribution < 1.29 is 13.9 Å². The average Bonchev–Trinajstić information content (AvgIpc) is 2.90. The zero-order valence-electron chi connectivity index (χ0n) is 10.9. The van der Waals surface area contributed by atoms with Gasteiger partial charge in [0.05, 0.1) is 25.8 Å². The van der Waals surface area contributed by atoms with E-state index in [1.807, 2.05) is 12.1 Å². The first kappa shape index (κ1) is 14.1. The maximum Gasteiger partial charge on any atom is 0.310 e. The number of methoxy groups -OCH3 is 1. The number of guanidine groups is 1. The highest BCUT2D eigenvalue weighted by atomic mass is 16.5. The highest BCUT2D eigenvalue weighted by Crippen LogP contribution is 1.98. The van der Waals surface area contributed by atoms with Crippen molar-refractivity contribution in [2.75, 3.05) is 20.7 Å². The predicted octanol–water partition coefficient (Wildman–Crippen LogP) is 0.754. The van der Waals surface area contributed by atoms with Gasteiger partial charge in [0.1, 0.15) is 5.76 Å². The predicted molar refractivity (Wildman–Crippen MR) is 68.1 cm³/mol. The number of carbonyl (C=O) groups is 1. The van der Waals surface area contributed by atoms with Crippen LogP contribution in [0.15, 0.2) is 27.8 Å². The van der Waals surface area contributed by atoms with Gasteiger partial charge in [-0.05, 0) is 12.1 Å². The average molecular weight is 253 g/mol. The third-order valence-corrected chi connectivity index (χ3v) is 2.41. The van der Waals surface area contributed by atoms with Crippen molar-refractivity contribution in [3.63, 3.8) is 0 Å². The van der Waals surface area contributed by atoms with Gasteiger partial charge in [0.25, 0.3) is 0 Å². The SMILES string of the molecule is CN=C(NCc1ccco1)NCC(C)C(=O)OC. The first-order valence-electron chi connectivity index (χ1n) is 5.72. The summed E-state index contributed by atoms with van der Waals surface area (Å²) >= 11 is 0. The van der Waals surface area contributed by atoms with Gasteiger partial charge in [0.2, 0.25) is 0 Å². The van der Waals surface area contributed by atoms with Crippen molar-refractivity contribution in [3.8, 4) is 0 Å². The number of rotatable bonds is 5. The molecule has 1 rings (SSSR count). The molecule has 0 fully saturated rings. The molecule has 1 heterocycles. The first-order valence-corrected chi connectivity index (χ1v) is 5.72. The lowest BCUT2D eigenvalue weighted by Crippen LogP contribution is -2.40. The molecule has 0 amide bonds. The van der Waals surface area contributed by atoms with Crippen LogP contribution in [0, 0.1) is 5.92 Å². The van der Waals surface area contributed by atoms with E-state index in [-0.39, 0.29) is 11.9 Å². The van der Waals surface area contributed by atoms with Gasteiger partial charge in [-0.25, -0.2) is 0 Å². The molecular formula is C12H19N3O3. The van der Waals surface area contributed by atoms with E-state index >= 15 is 0 Å². The molecule has 0 spiro atoms. The molecule has 1 unspecified atom stereocenters. The number of hydrogen-bond acceptors (Lipinski definition) is 4. The summed E-state index contributed by atoms with van der Waals surface area (Å²) in [6, 6.07) is 3.70. The van der Waals surface area contributed by atoms with Gasteiger partial charge >= 0.3 is 5.97 Å². The van der Waals surface area contributed by atoms with Gasteiger partial charge in [-0.1, -0.05) is 6.92 Å². The van der Waals surface area contributed by atoms with Crippen molar-refractivity contribution in [1.29, 1.82) is 0 Å². The van der Waals surface area contributed by atoms with E-state index in [1.54, 1.807) is 20.2 Å². The molecule has 1 aromatic heterocycles. The maximum atomic E-state index is 11.2. The van der Waals surface area contributed by atoms with Crippen molar-refractivity contribution in [1.82, 2.24) is 10.6 Å². The molecule has 6 nitrogen and oxygen atoms in total.